The van der Waals surface area contributed by atoms with Crippen LogP contribution in [0.25, 0.3) is 28.2 Å². The van der Waals surface area contributed by atoms with E-state index < -0.39 is 41.4 Å². The van der Waals surface area contributed by atoms with Crippen LogP contribution in [0.2, 0.25) is 5.02 Å². The summed E-state index contributed by atoms with van der Waals surface area (Å²) in [4.78, 5) is 37.0. The predicted molar refractivity (Wildman–Crippen MR) is 138 cm³/mol. The number of halogens is 4. The van der Waals surface area contributed by atoms with Crippen molar-refractivity contribution in [1.82, 2.24) is 0 Å². The van der Waals surface area contributed by atoms with Gasteiger partial charge in [0.2, 0.25) is 5.91 Å². The minimum absolute atomic E-state index is 0.0828. The van der Waals surface area contributed by atoms with Crippen molar-refractivity contribution < 1.29 is 32.3 Å². The van der Waals surface area contributed by atoms with Gasteiger partial charge in [0.15, 0.2) is 0 Å². The van der Waals surface area contributed by atoms with Crippen molar-refractivity contribution in [2.24, 2.45) is 0 Å². The highest BCUT2D eigenvalue weighted by Gasteiger charge is 2.33. The molecule has 2 N–H and O–H groups in total. The summed E-state index contributed by atoms with van der Waals surface area (Å²) in [7, 11) is 0. The molecule has 4 rings (SSSR count). The lowest BCUT2D eigenvalue weighted by Crippen LogP contribution is -2.22. The summed E-state index contributed by atoms with van der Waals surface area (Å²) in [5.74, 6) is -2.01. The molecule has 0 saturated carbocycles. The number of para-hydroxylation sites is 1. The highest BCUT2D eigenvalue weighted by molar-refractivity contribution is 6.32. The van der Waals surface area contributed by atoms with Crippen molar-refractivity contribution in [2.45, 2.75) is 19.5 Å². The summed E-state index contributed by atoms with van der Waals surface area (Å²) in [6.45, 7) is 1.74. The van der Waals surface area contributed by atoms with E-state index in [2.05, 4.69) is 5.32 Å². The van der Waals surface area contributed by atoms with Gasteiger partial charge in [-0.15, -0.1) is 0 Å². The molecule has 1 amide bonds. The van der Waals surface area contributed by atoms with Gasteiger partial charge in [0.1, 0.15) is 5.58 Å². The van der Waals surface area contributed by atoms with Crippen LogP contribution in [0.1, 0.15) is 22.3 Å². The number of hydrogen-bond donors (Lipinski definition) is 2. The molecule has 0 aliphatic rings. The first-order valence-corrected chi connectivity index (χ1v) is 11.5. The van der Waals surface area contributed by atoms with Crippen molar-refractivity contribution in [3.63, 3.8) is 0 Å². The van der Waals surface area contributed by atoms with Gasteiger partial charge in [-0.05, 0) is 54.0 Å². The highest BCUT2D eigenvalue weighted by atomic mass is 35.5. The maximum Gasteiger partial charge on any atom is 0.418 e. The monoisotopic (exact) mass is 541 g/mol. The SMILES string of the molecule is Cc1cc2c(-c3cccc(/C=C/C(=O)O)c3)c(CC(=O)Nc3ccccc3C(F)(F)F)c(=O)oc2cc1Cl. The van der Waals surface area contributed by atoms with Gasteiger partial charge < -0.3 is 14.8 Å². The van der Waals surface area contributed by atoms with E-state index in [1.165, 1.54) is 24.3 Å². The molecule has 4 aromatic rings. The molecule has 38 heavy (non-hydrogen) atoms. The standard InChI is InChI=1S/C28H19ClF3NO5/c1-15-11-18-23(14-21(15)29)38-27(37)19(26(18)17-6-4-5-16(12-17)9-10-25(35)36)13-24(34)33-22-8-3-2-7-20(22)28(30,31)32/h2-12,14H,13H2,1H3,(H,33,34)(H,35,36)/b10-9+. The van der Waals surface area contributed by atoms with Gasteiger partial charge in [0.05, 0.1) is 23.2 Å². The van der Waals surface area contributed by atoms with E-state index in [0.717, 1.165) is 18.2 Å². The lowest BCUT2D eigenvalue weighted by molar-refractivity contribution is -0.137. The Labute approximate surface area is 219 Å². The zero-order chi connectivity index (χ0) is 27.6. The summed E-state index contributed by atoms with van der Waals surface area (Å²) < 4.78 is 45.6. The Hall–Kier alpha value is -4.37. The van der Waals surface area contributed by atoms with Crippen molar-refractivity contribution in [2.75, 3.05) is 5.32 Å². The van der Waals surface area contributed by atoms with E-state index >= 15 is 0 Å². The molecule has 0 radical (unpaired) electrons. The molecule has 0 bridgehead atoms. The van der Waals surface area contributed by atoms with Crippen LogP contribution < -0.4 is 10.9 Å². The van der Waals surface area contributed by atoms with Crippen molar-refractivity contribution in [3.8, 4) is 11.1 Å². The van der Waals surface area contributed by atoms with Crippen molar-refractivity contribution in [1.29, 1.82) is 0 Å². The number of nitrogens with one attached hydrogen (secondary N) is 1. The van der Waals surface area contributed by atoms with Gasteiger partial charge in [0, 0.05) is 28.1 Å². The Balaban J connectivity index is 1.85. The molecular weight excluding hydrogens is 523 g/mol. The van der Waals surface area contributed by atoms with E-state index in [1.807, 2.05) is 0 Å². The zero-order valence-electron chi connectivity index (χ0n) is 19.7. The first-order valence-electron chi connectivity index (χ1n) is 11.2. The molecule has 0 spiro atoms. The second-order valence-corrected chi connectivity index (χ2v) is 8.81. The Morgan fingerprint density at radius 1 is 1.08 bits per heavy atom. The van der Waals surface area contributed by atoms with Crippen LogP contribution in [0.4, 0.5) is 18.9 Å². The van der Waals surface area contributed by atoms with Crippen LogP contribution in [0.5, 0.6) is 0 Å². The number of rotatable bonds is 6. The van der Waals surface area contributed by atoms with Gasteiger partial charge >= 0.3 is 17.8 Å². The molecule has 1 aromatic heterocycles. The van der Waals surface area contributed by atoms with E-state index in [1.54, 1.807) is 37.3 Å². The molecule has 0 saturated heterocycles. The van der Waals surface area contributed by atoms with Crippen molar-refractivity contribution in [3.05, 3.63) is 104 Å². The normalized spacial score (nSPS) is 11.7. The molecular formula is C28H19ClF3NO5. The van der Waals surface area contributed by atoms with Crippen LogP contribution in [0.3, 0.4) is 0 Å². The number of aliphatic carboxylic acids is 1. The Bertz CT molecular complexity index is 1660. The Kier molecular flexibility index (Phi) is 7.41. The number of carboxylic acids is 1. The van der Waals surface area contributed by atoms with E-state index in [4.69, 9.17) is 21.1 Å². The maximum atomic E-state index is 13.4. The third-order valence-electron chi connectivity index (χ3n) is 5.72. The number of carbonyl (C=O) groups excluding carboxylic acids is 1. The summed E-state index contributed by atoms with van der Waals surface area (Å²) in [5.41, 5.74) is -0.312. The van der Waals surface area contributed by atoms with Crippen LogP contribution in [0.15, 0.2) is 76.0 Å². The van der Waals surface area contributed by atoms with Gasteiger partial charge in [-0.2, -0.15) is 13.2 Å². The largest absolute Gasteiger partial charge is 0.478 e. The smallest absolute Gasteiger partial charge is 0.418 e. The minimum Gasteiger partial charge on any atom is -0.478 e. The number of amides is 1. The number of alkyl halides is 3. The van der Waals surface area contributed by atoms with Crippen LogP contribution in [0, 0.1) is 6.92 Å². The maximum absolute atomic E-state index is 13.4. The number of carbonyl (C=O) groups is 2. The molecule has 194 valence electrons. The van der Waals surface area contributed by atoms with E-state index in [0.29, 0.717) is 32.7 Å². The van der Waals surface area contributed by atoms with Crippen LogP contribution in [-0.4, -0.2) is 17.0 Å². The van der Waals surface area contributed by atoms with Crippen molar-refractivity contribution >= 4 is 46.2 Å². The van der Waals surface area contributed by atoms with Crippen LogP contribution in [-0.2, 0) is 22.2 Å². The fourth-order valence-corrected chi connectivity index (χ4v) is 4.17. The molecule has 1 heterocycles. The molecule has 0 fully saturated rings. The number of anilines is 1. The summed E-state index contributed by atoms with van der Waals surface area (Å²) in [6, 6.07) is 14.2. The van der Waals surface area contributed by atoms with E-state index in [9.17, 15) is 27.6 Å². The molecule has 0 atom stereocenters. The molecule has 0 unspecified atom stereocenters. The molecule has 0 aliphatic heterocycles. The Morgan fingerprint density at radius 3 is 2.53 bits per heavy atom. The summed E-state index contributed by atoms with van der Waals surface area (Å²) >= 11 is 6.22. The van der Waals surface area contributed by atoms with Gasteiger partial charge in [-0.3, -0.25) is 4.79 Å². The second kappa shape index (κ2) is 10.5. The Morgan fingerprint density at radius 2 is 1.82 bits per heavy atom. The number of fused-ring (bicyclic) bond motifs is 1. The van der Waals surface area contributed by atoms with E-state index in [-0.39, 0.29) is 11.1 Å². The number of aryl methyl sites for hydroxylation is 1. The average molecular weight is 542 g/mol. The van der Waals surface area contributed by atoms with Gasteiger partial charge in [-0.1, -0.05) is 41.9 Å². The number of hydrogen-bond acceptors (Lipinski definition) is 4. The molecule has 3 aromatic carbocycles. The molecule has 6 nitrogen and oxygen atoms in total. The van der Waals surface area contributed by atoms with Gasteiger partial charge in [0.25, 0.3) is 0 Å². The minimum atomic E-state index is -4.70. The zero-order valence-corrected chi connectivity index (χ0v) is 20.5. The molecule has 0 aliphatic carbocycles. The molecule has 10 heteroatoms. The topological polar surface area (TPSA) is 96.6 Å². The van der Waals surface area contributed by atoms with Crippen LogP contribution >= 0.6 is 11.6 Å². The lowest BCUT2D eigenvalue weighted by Gasteiger charge is -2.15. The average Bonchev–Trinajstić information content (AvgIpc) is 2.84. The van der Waals surface area contributed by atoms with Gasteiger partial charge in [-0.25, -0.2) is 9.59 Å². The summed E-state index contributed by atoms with van der Waals surface area (Å²) in [6.07, 6.45) is -2.97. The first kappa shape index (κ1) is 26.7. The quantitative estimate of drug-likeness (QED) is 0.209. The highest BCUT2D eigenvalue weighted by Crippen LogP contribution is 2.36. The second-order valence-electron chi connectivity index (χ2n) is 8.41. The summed E-state index contributed by atoms with van der Waals surface area (Å²) in [5, 5.41) is 12.0. The third kappa shape index (κ3) is 5.78. The fraction of sp³-hybridized carbons (Fsp3) is 0.107. The lowest BCUT2D eigenvalue weighted by atomic mass is 9.93. The fourth-order valence-electron chi connectivity index (χ4n) is 4.02. The third-order valence-corrected chi connectivity index (χ3v) is 6.13. The number of benzene rings is 3. The predicted octanol–water partition coefficient (Wildman–Crippen LogP) is 6.72. The number of carboxylic acid groups (broad SMARTS) is 1. The first-order chi connectivity index (χ1) is 17.9.